The molecule has 2 rings (SSSR count). The maximum atomic E-state index is 6.06. The van der Waals surface area contributed by atoms with E-state index in [4.69, 9.17) is 10.5 Å². The van der Waals surface area contributed by atoms with E-state index in [0.29, 0.717) is 18.1 Å². The molecule has 0 amide bonds. The minimum absolute atomic E-state index is 0. The molecule has 4 atom stereocenters. The molecule has 0 radical (unpaired) electrons. The minimum Gasteiger partial charge on any atom is -0.378 e. The Morgan fingerprint density at radius 1 is 1.35 bits per heavy atom. The van der Waals surface area contributed by atoms with Gasteiger partial charge in [-0.25, -0.2) is 0 Å². The van der Waals surface area contributed by atoms with Crippen molar-refractivity contribution >= 4 is 12.4 Å². The summed E-state index contributed by atoms with van der Waals surface area (Å²) >= 11 is 0. The van der Waals surface area contributed by atoms with Gasteiger partial charge >= 0.3 is 0 Å². The fourth-order valence-corrected chi connectivity index (χ4v) is 3.02. The number of ether oxygens (including phenoxy) is 1. The van der Waals surface area contributed by atoms with Gasteiger partial charge < -0.3 is 15.4 Å². The first kappa shape index (κ1) is 15.2. The molecule has 0 aromatic heterocycles. The highest BCUT2D eigenvalue weighted by Gasteiger charge is 2.30. The molecule has 4 heteroatoms. The van der Waals surface area contributed by atoms with Crippen molar-refractivity contribution in [2.24, 2.45) is 17.6 Å². The van der Waals surface area contributed by atoms with E-state index in [2.05, 4.69) is 18.7 Å². The molecule has 2 aliphatic rings. The lowest BCUT2D eigenvalue weighted by atomic mass is 9.94. The third kappa shape index (κ3) is 4.09. The zero-order chi connectivity index (χ0) is 11.5. The van der Waals surface area contributed by atoms with Crippen LogP contribution in [0, 0.1) is 11.8 Å². The highest BCUT2D eigenvalue weighted by molar-refractivity contribution is 5.85. The lowest BCUT2D eigenvalue weighted by molar-refractivity contribution is -0.0165. The predicted molar refractivity (Wildman–Crippen MR) is 73.6 cm³/mol. The van der Waals surface area contributed by atoms with Crippen LogP contribution in [0.15, 0.2) is 0 Å². The summed E-state index contributed by atoms with van der Waals surface area (Å²) in [5, 5.41) is 0. The molecule has 2 fully saturated rings. The summed E-state index contributed by atoms with van der Waals surface area (Å²) < 4.78 is 5.72. The van der Waals surface area contributed by atoms with Gasteiger partial charge in [0.1, 0.15) is 0 Å². The molecular formula is C13H27ClN2O. The number of hydrogen-bond donors (Lipinski definition) is 1. The van der Waals surface area contributed by atoms with Crippen molar-refractivity contribution in [2.75, 3.05) is 26.2 Å². The summed E-state index contributed by atoms with van der Waals surface area (Å²) in [6, 6.07) is 0.391. The molecule has 2 aliphatic heterocycles. The summed E-state index contributed by atoms with van der Waals surface area (Å²) in [5.74, 6) is 1.50. The van der Waals surface area contributed by atoms with Gasteiger partial charge in [-0.3, -0.25) is 0 Å². The molecule has 0 bridgehead atoms. The van der Waals surface area contributed by atoms with Gasteiger partial charge in [-0.15, -0.1) is 12.4 Å². The second-order valence-electron chi connectivity index (χ2n) is 5.65. The molecule has 0 spiro atoms. The molecule has 0 aromatic carbocycles. The van der Waals surface area contributed by atoms with Crippen molar-refractivity contribution in [3.63, 3.8) is 0 Å². The highest BCUT2D eigenvalue weighted by Crippen LogP contribution is 2.25. The molecule has 102 valence electrons. The van der Waals surface area contributed by atoms with Crippen molar-refractivity contribution in [3.05, 3.63) is 0 Å². The van der Waals surface area contributed by atoms with Gasteiger partial charge in [-0.05, 0) is 31.1 Å². The van der Waals surface area contributed by atoms with Crippen molar-refractivity contribution in [1.82, 2.24) is 4.90 Å². The molecule has 17 heavy (non-hydrogen) atoms. The van der Waals surface area contributed by atoms with E-state index in [0.717, 1.165) is 25.5 Å². The molecule has 0 aliphatic carbocycles. The molecular weight excluding hydrogens is 236 g/mol. The normalized spacial score (nSPS) is 39.0. The summed E-state index contributed by atoms with van der Waals surface area (Å²) in [6.07, 6.45) is 4.15. The van der Waals surface area contributed by atoms with Crippen LogP contribution in [0.2, 0.25) is 0 Å². The standard InChI is InChI=1S/C13H26N2O.ClH/c1-3-12-6-11(4-5-16-12)8-15-7-10(2)13(14)9-15;/h10-13H,3-9,14H2,1-2H3;1H. The first-order chi connectivity index (χ1) is 7.69. The van der Waals surface area contributed by atoms with Crippen LogP contribution in [0.1, 0.15) is 33.1 Å². The van der Waals surface area contributed by atoms with E-state index in [1.54, 1.807) is 0 Å². The zero-order valence-corrected chi connectivity index (χ0v) is 11.9. The Bertz CT molecular complexity index is 217. The highest BCUT2D eigenvalue weighted by atomic mass is 35.5. The van der Waals surface area contributed by atoms with Crippen molar-refractivity contribution in [3.8, 4) is 0 Å². The zero-order valence-electron chi connectivity index (χ0n) is 11.1. The van der Waals surface area contributed by atoms with E-state index < -0.39 is 0 Å². The smallest absolute Gasteiger partial charge is 0.0575 e. The number of rotatable bonds is 3. The lowest BCUT2D eigenvalue weighted by Crippen LogP contribution is -2.35. The maximum Gasteiger partial charge on any atom is 0.0575 e. The fourth-order valence-electron chi connectivity index (χ4n) is 3.02. The number of hydrogen-bond acceptors (Lipinski definition) is 3. The first-order valence-corrected chi connectivity index (χ1v) is 6.78. The Balaban J connectivity index is 0.00000144. The van der Waals surface area contributed by atoms with Crippen LogP contribution in [0.5, 0.6) is 0 Å². The van der Waals surface area contributed by atoms with Crippen LogP contribution in [-0.4, -0.2) is 43.3 Å². The Morgan fingerprint density at radius 2 is 2.12 bits per heavy atom. The number of nitrogens with two attached hydrogens (primary N) is 1. The van der Waals surface area contributed by atoms with E-state index in [1.165, 1.54) is 25.9 Å². The van der Waals surface area contributed by atoms with Gasteiger partial charge in [0.05, 0.1) is 6.10 Å². The van der Waals surface area contributed by atoms with Crippen LogP contribution in [0.25, 0.3) is 0 Å². The van der Waals surface area contributed by atoms with Gasteiger partial charge in [-0.1, -0.05) is 13.8 Å². The van der Waals surface area contributed by atoms with E-state index in [9.17, 15) is 0 Å². The molecule has 2 heterocycles. The SMILES string of the molecule is CCC1CC(CN2CC(C)C(N)C2)CCO1.Cl. The fraction of sp³-hybridized carbons (Fsp3) is 1.00. The second kappa shape index (κ2) is 6.93. The lowest BCUT2D eigenvalue weighted by Gasteiger charge is -2.31. The number of nitrogens with zero attached hydrogens (tertiary/aromatic N) is 1. The molecule has 0 saturated carbocycles. The third-order valence-electron chi connectivity index (χ3n) is 4.19. The topological polar surface area (TPSA) is 38.5 Å². The minimum atomic E-state index is 0. The molecule has 3 nitrogen and oxygen atoms in total. The third-order valence-corrected chi connectivity index (χ3v) is 4.19. The quantitative estimate of drug-likeness (QED) is 0.844. The molecule has 4 unspecified atom stereocenters. The van der Waals surface area contributed by atoms with E-state index in [1.807, 2.05) is 0 Å². The Labute approximate surface area is 111 Å². The van der Waals surface area contributed by atoms with Crippen LogP contribution in [-0.2, 0) is 4.74 Å². The number of likely N-dealkylation sites (tertiary alicyclic amines) is 1. The monoisotopic (exact) mass is 262 g/mol. The van der Waals surface area contributed by atoms with Gasteiger partial charge in [0.25, 0.3) is 0 Å². The average molecular weight is 263 g/mol. The van der Waals surface area contributed by atoms with Gasteiger partial charge in [-0.2, -0.15) is 0 Å². The second-order valence-corrected chi connectivity index (χ2v) is 5.65. The van der Waals surface area contributed by atoms with Gasteiger partial charge in [0.2, 0.25) is 0 Å². The van der Waals surface area contributed by atoms with Crippen LogP contribution in [0.3, 0.4) is 0 Å². The van der Waals surface area contributed by atoms with E-state index >= 15 is 0 Å². The van der Waals surface area contributed by atoms with Crippen LogP contribution < -0.4 is 5.73 Å². The van der Waals surface area contributed by atoms with E-state index in [-0.39, 0.29) is 12.4 Å². The molecule has 2 saturated heterocycles. The molecule has 0 aromatic rings. The van der Waals surface area contributed by atoms with Crippen LogP contribution in [0.4, 0.5) is 0 Å². The average Bonchev–Trinajstić information content (AvgIpc) is 2.58. The number of halogens is 1. The van der Waals surface area contributed by atoms with Crippen molar-refractivity contribution in [2.45, 2.75) is 45.3 Å². The summed E-state index contributed by atoms with van der Waals surface area (Å²) in [5.41, 5.74) is 6.06. The summed E-state index contributed by atoms with van der Waals surface area (Å²) in [4.78, 5) is 2.55. The summed E-state index contributed by atoms with van der Waals surface area (Å²) in [6.45, 7) is 8.96. The predicted octanol–water partition coefficient (Wildman–Crippen LogP) is 1.89. The van der Waals surface area contributed by atoms with Crippen molar-refractivity contribution < 1.29 is 4.74 Å². The Kier molecular flexibility index (Phi) is 6.21. The first-order valence-electron chi connectivity index (χ1n) is 6.78. The summed E-state index contributed by atoms with van der Waals surface area (Å²) in [7, 11) is 0. The van der Waals surface area contributed by atoms with Gasteiger partial charge in [0.15, 0.2) is 0 Å². The largest absolute Gasteiger partial charge is 0.378 e. The molecule has 2 N–H and O–H groups in total. The van der Waals surface area contributed by atoms with Crippen molar-refractivity contribution in [1.29, 1.82) is 0 Å². The maximum absolute atomic E-state index is 6.06. The Hall–Kier alpha value is 0.170. The van der Waals surface area contributed by atoms with Gasteiger partial charge in [0, 0.05) is 32.3 Å². The van der Waals surface area contributed by atoms with Crippen LogP contribution >= 0.6 is 12.4 Å². The Morgan fingerprint density at radius 3 is 2.71 bits per heavy atom.